The van der Waals surface area contributed by atoms with Crippen molar-refractivity contribution in [3.63, 3.8) is 0 Å². The number of carbonyl (C=O) groups is 1. The summed E-state index contributed by atoms with van der Waals surface area (Å²) in [4.78, 5) is 18.9. The number of nitrogens with zero attached hydrogens (tertiary/aromatic N) is 2. The summed E-state index contributed by atoms with van der Waals surface area (Å²) in [6.07, 6.45) is -0.932. The first-order chi connectivity index (χ1) is 10.4. The number of rotatable bonds is 5. The number of amides is 2. The number of halogens is 3. The summed E-state index contributed by atoms with van der Waals surface area (Å²) in [7, 11) is 0. The zero-order chi connectivity index (χ0) is 16.0. The standard InChI is InChI=1S/C13H13F3N4OS/c14-13(15,16)10-8-22-11(20-10)3-6-18-12(21)19-7-9-1-4-17-5-2-9/h1-2,4-5,8H,3,6-7H2,(H2,18,19,21). The second kappa shape index (κ2) is 7.21. The van der Waals surface area contributed by atoms with E-state index in [1.807, 2.05) is 0 Å². The van der Waals surface area contributed by atoms with Crippen LogP contribution in [0.5, 0.6) is 0 Å². The number of nitrogens with one attached hydrogen (secondary N) is 2. The predicted octanol–water partition coefficient (Wildman–Crippen LogP) is 2.60. The highest BCUT2D eigenvalue weighted by Crippen LogP contribution is 2.29. The van der Waals surface area contributed by atoms with E-state index >= 15 is 0 Å². The third kappa shape index (κ3) is 4.99. The molecule has 0 saturated heterocycles. The maximum absolute atomic E-state index is 12.4. The van der Waals surface area contributed by atoms with Crippen LogP contribution in [0.4, 0.5) is 18.0 Å². The first-order valence-corrected chi connectivity index (χ1v) is 7.25. The van der Waals surface area contributed by atoms with Crippen LogP contribution in [0.2, 0.25) is 0 Å². The lowest BCUT2D eigenvalue weighted by Crippen LogP contribution is -2.36. The number of urea groups is 1. The van der Waals surface area contributed by atoms with Gasteiger partial charge < -0.3 is 10.6 Å². The van der Waals surface area contributed by atoms with Crippen molar-refractivity contribution < 1.29 is 18.0 Å². The molecule has 2 heterocycles. The average Bonchev–Trinajstić information content (AvgIpc) is 2.95. The van der Waals surface area contributed by atoms with Crippen molar-refractivity contribution in [3.05, 3.63) is 46.2 Å². The van der Waals surface area contributed by atoms with Crippen LogP contribution in [0.1, 0.15) is 16.3 Å². The third-order valence-corrected chi connectivity index (χ3v) is 3.58. The largest absolute Gasteiger partial charge is 0.434 e. The molecule has 22 heavy (non-hydrogen) atoms. The molecule has 0 unspecified atom stereocenters. The van der Waals surface area contributed by atoms with Gasteiger partial charge in [0.25, 0.3) is 0 Å². The van der Waals surface area contributed by atoms with Crippen LogP contribution in [0.15, 0.2) is 29.9 Å². The summed E-state index contributed by atoms with van der Waals surface area (Å²) in [5.41, 5.74) is 0.00883. The van der Waals surface area contributed by atoms with E-state index in [4.69, 9.17) is 0 Å². The molecule has 2 rings (SSSR count). The van der Waals surface area contributed by atoms with Crippen LogP contribution >= 0.6 is 11.3 Å². The Balaban J connectivity index is 1.70. The highest BCUT2D eigenvalue weighted by molar-refractivity contribution is 7.09. The van der Waals surface area contributed by atoms with Gasteiger partial charge in [-0.2, -0.15) is 13.2 Å². The number of hydrogen-bond acceptors (Lipinski definition) is 4. The molecule has 2 N–H and O–H groups in total. The molecule has 2 aromatic heterocycles. The van der Waals surface area contributed by atoms with Crippen molar-refractivity contribution in [2.75, 3.05) is 6.54 Å². The Morgan fingerprint density at radius 1 is 1.23 bits per heavy atom. The molecule has 0 aliphatic rings. The van der Waals surface area contributed by atoms with Gasteiger partial charge in [0.05, 0.1) is 5.01 Å². The second-order valence-corrected chi connectivity index (χ2v) is 5.28. The molecule has 118 valence electrons. The van der Waals surface area contributed by atoms with E-state index in [1.54, 1.807) is 24.5 Å². The number of carbonyl (C=O) groups excluding carboxylic acids is 1. The lowest BCUT2D eigenvalue weighted by atomic mass is 10.3. The summed E-state index contributed by atoms with van der Waals surface area (Å²) in [5, 5.41) is 6.52. The lowest BCUT2D eigenvalue weighted by Gasteiger charge is -2.06. The van der Waals surface area contributed by atoms with E-state index in [9.17, 15) is 18.0 Å². The fourth-order valence-corrected chi connectivity index (χ4v) is 2.39. The summed E-state index contributed by atoms with van der Waals surface area (Å²) >= 11 is 0.929. The Hall–Kier alpha value is -2.16. The number of thiazole rings is 1. The summed E-state index contributed by atoms with van der Waals surface area (Å²) in [6, 6.07) is 3.16. The Morgan fingerprint density at radius 3 is 2.59 bits per heavy atom. The topological polar surface area (TPSA) is 66.9 Å². The molecule has 2 amide bonds. The van der Waals surface area contributed by atoms with Crippen molar-refractivity contribution in [1.29, 1.82) is 0 Å². The van der Waals surface area contributed by atoms with E-state index in [1.165, 1.54) is 0 Å². The fourth-order valence-electron chi connectivity index (χ4n) is 1.58. The Bertz CT molecular complexity index is 615. The lowest BCUT2D eigenvalue weighted by molar-refractivity contribution is -0.140. The van der Waals surface area contributed by atoms with Crippen LogP contribution in [0.3, 0.4) is 0 Å². The van der Waals surface area contributed by atoms with E-state index in [-0.39, 0.29) is 19.0 Å². The van der Waals surface area contributed by atoms with E-state index in [0.717, 1.165) is 22.3 Å². The molecule has 9 heteroatoms. The summed E-state index contributed by atoms with van der Waals surface area (Å²) in [5.74, 6) is 0. The maximum atomic E-state index is 12.4. The van der Waals surface area contributed by atoms with Crippen LogP contribution in [-0.4, -0.2) is 22.5 Å². The zero-order valence-electron chi connectivity index (χ0n) is 11.4. The van der Waals surface area contributed by atoms with Crippen molar-refractivity contribution in [2.24, 2.45) is 0 Å². The monoisotopic (exact) mass is 330 g/mol. The summed E-state index contributed by atoms with van der Waals surface area (Å²) in [6.45, 7) is 0.566. The Labute approximate surface area is 128 Å². The van der Waals surface area contributed by atoms with E-state index in [0.29, 0.717) is 11.6 Å². The molecule has 2 aromatic rings. The fraction of sp³-hybridized carbons (Fsp3) is 0.308. The maximum Gasteiger partial charge on any atom is 0.434 e. The zero-order valence-corrected chi connectivity index (χ0v) is 12.2. The number of hydrogen-bond donors (Lipinski definition) is 2. The molecule has 0 aliphatic carbocycles. The van der Waals surface area contributed by atoms with Gasteiger partial charge in [-0.1, -0.05) is 0 Å². The highest BCUT2D eigenvalue weighted by Gasteiger charge is 2.33. The van der Waals surface area contributed by atoms with Crippen LogP contribution in [0, 0.1) is 0 Å². The van der Waals surface area contributed by atoms with Crippen molar-refractivity contribution in [1.82, 2.24) is 20.6 Å². The third-order valence-electron chi connectivity index (χ3n) is 2.67. The number of aromatic nitrogens is 2. The van der Waals surface area contributed by atoms with Gasteiger partial charge >= 0.3 is 12.2 Å². The minimum atomic E-state index is -4.43. The average molecular weight is 330 g/mol. The molecule has 0 bridgehead atoms. The van der Waals surface area contributed by atoms with Crippen molar-refractivity contribution in [2.45, 2.75) is 19.1 Å². The second-order valence-electron chi connectivity index (χ2n) is 4.34. The molecule has 0 atom stereocenters. The van der Waals surface area contributed by atoms with Gasteiger partial charge in [-0.15, -0.1) is 11.3 Å². The smallest absolute Gasteiger partial charge is 0.338 e. The van der Waals surface area contributed by atoms with Crippen molar-refractivity contribution in [3.8, 4) is 0 Å². The Morgan fingerprint density at radius 2 is 1.95 bits per heavy atom. The molecule has 0 spiro atoms. The number of pyridine rings is 1. The van der Waals surface area contributed by atoms with Crippen LogP contribution in [-0.2, 0) is 19.1 Å². The molecule has 0 aromatic carbocycles. The number of alkyl halides is 3. The molecule has 0 fully saturated rings. The molecular formula is C13H13F3N4OS. The van der Waals surface area contributed by atoms with Gasteiger partial charge in [-0.3, -0.25) is 4.98 Å². The predicted molar refractivity (Wildman–Crippen MR) is 75.3 cm³/mol. The van der Waals surface area contributed by atoms with Gasteiger partial charge in [0.1, 0.15) is 0 Å². The molecule has 0 saturated carbocycles. The van der Waals surface area contributed by atoms with Crippen LogP contribution < -0.4 is 10.6 Å². The van der Waals surface area contributed by atoms with E-state index < -0.39 is 11.9 Å². The SMILES string of the molecule is O=C(NCCc1nc(C(F)(F)F)cs1)NCc1ccncc1. The van der Waals surface area contributed by atoms with Gasteiger partial charge in [-0.05, 0) is 17.7 Å². The molecule has 0 radical (unpaired) electrons. The normalized spacial score (nSPS) is 11.2. The summed E-state index contributed by atoms with van der Waals surface area (Å²) < 4.78 is 37.1. The van der Waals surface area contributed by atoms with Gasteiger partial charge in [0.15, 0.2) is 5.69 Å². The quantitative estimate of drug-likeness (QED) is 0.885. The van der Waals surface area contributed by atoms with Crippen LogP contribution in [0.25, 0.3) is 0 Å². The minimum absolute atomic E-state index is 0.215. The first kappa shape index (κ1) is 16.2. The van der Waals surface area contributed by atoms with Gasteiger partial charge in [0.2, 0.25) is 0 Å². The highest BCUT2D eigenvalue weighted by atomic mass is 32.1. The minimum Gasteiger partial charge on any atom is -0.338 e. The van der Waals surface area contributed by atoms with Crippen molar-refractivity contribution >= 4 is 17.4 Å². The first-order valence-electron chi connectivity index (χ1n) is 6.37. The molecule has 0 aliphatic heterocycles. The van der Waals surface area contributed by atoms with Gasteiger partial charge in [0, 0.05) is 37.3 Å². The van der Waals surface area contributed by atoms with Gasteiger partial charge in [-0.25, -0.2) is 9.78 Å². The molecular weight excluding hydrogens is 317 g/mol. The Kier molecular flexibility index (Phi) is 5.31. The molecule has 5 nitrogen and oxygen atoms in total. The van der Waals surface area contributed by atoms with E-state index in [2.05, 4.69) is 20.6 Å².